The van der Waals surface area contributed by atoms with Crippen LogP contribution in [0.5, 0.6) is 11.8 Å². The van der Waals surface area contributed by atoms with Gasteiger partial charge in [0.15, 0.2) is 5.82 Å². The topological polar surface area (TPSA) is 113 Å². The normalized spacial score (nSPS) is 15.7. The molecule has 1 aliphatic heterocycles. The van der Waals surface area contributed by atoms with Crippen LogP contribution in [-0.4, -0.2) is 37.5 Å². The highest BCUT2D eigenvalue weighted by molar-refractivity contribution is 6.28. The van der Waals surface area contributed by atoms with Crippen LogP contribution in [0, 0.1) is 5.82 Å². The minimum Gasteiger partial charge on any atom is -0.417 e. The lowest BCUT2D eigenvalue weighted by Crippen LogP contribution is -2.32. The van der Waals surface area contributed by atoms with E-state index in [0.29, 0.717) is 42.6 Å². The summed E-state index contributed by atoms with van der Waals surface area (Å²) in [6.45, 7) is 2.05. The van der Waals surface area contributed by atoms with E-state index in [1.54, 1.807) is 6.20 Å². The molecule has 3 N–H and O–H groups in total. The number of aliphatic hydroxyl groups is 1. The Morgan fingerprint density at radius 1 is 1.20 bits per heavy atom. The number of amides is 1. The number of carbonyl (C=O) groups is 1. The molecule has 0 saturated heterocycles. The van der Waals surface area contributed by atoms with Gasteiger partial charge in [0.2, 0.25) is 11.2 Å². The first-order chi connectivity index (χ1) is 14.4. The summed E-state index contributed by atoms with van der Waals surface area (Å²) in [4.78, 5) is 27.5. The van der Waals surface area contributed by atoms with Crippen LogP contribution in [0.25, 0.3) is 11.3 Å². The van der Waals surface area contributed by atoms with E-state index in [0.717, 1.165) is 16.8 Å². The molecule has 4 heterocycles. The predicted octanol–water partition coefficient (Wildman–Crippen LogP) is 2.89. The third-order valence-corrected chi connectivity index (χ3v) is 5.61. The summed E-state index contributed by atoms with van der Waals surface area (Å²) >= 11 is 5.84. The number of rotatable bonds is 3. The number of hydrogen-bond donors (Lipinski definition) is 3. The van der Waals surface area contributed by atoms with E-state index in [1.165, 1.54) is 13.1 Å². The Morgan fingerprint density at radius 3 is 2.83 bits per heavy atom. The Balaban J connectivity index is 1.62. The van der Waals surface area contributed by atoms with Gasteiger partial charge in [-0.15, -0.1) is 0 Å². The largest absolute Gasteiger partial charge is 0.417 e. The van der Waals surface area contributed by atoms with Gasteiger partial charge in [0.1, 0.15) is 0 Å². The molecule has 30 heavy (non-hydrogen) atoms. The molecule has 2 aliphatic rings. The van der Waals surface area contributed by atoms with E-state index in [2.05, 4.69) is 25.3 Å². The van der Waals surface area contributed by atoms with Crippen molar-refractivity contribution in [3.05, 3.63) is 51.4 Å². The highest BCUT2D eigenvalue weighted by atomic mass is 35.5. The van der Waals surface area contributed by atoms with Crippen molar-refractivity contribution in [3.63, 3.8) is 0 Å². The van der Waals surface area contributed by atoms with Gasteiger partial charge in [-0.25, -0.2) is 14.4 Å². The number of aryl methyl sites for hydroxylation is 1. The van der Waals surface area contributed by atoms with Crippen molar-refractivity contribution in [1.29, 1.82) is 0 Å². The Labute approximate surface area is 175 Å². The average molecular weight is 430 g/mol. The second-order valence-corrected chi connectivity index (χ2v) is 7.63. The molecule has 0 radical (unpaired) electrons. The van der Waals surface area contributed by atoms with Crippen LogP contribution in [0.15, 0.2) is 12.4 Å². The molecule has 3 aromatic heterocycles. The number of pyridine rings is 1. The third kappa shape index (κ3) is 2.93. The van der Waals surface area contributed by atoms with Crippen molar-refractivity contribution in [2.45, 2.75) is 32.3 Å². The van der Waals surface area contributed by atoms with Gasteiger partial charge in [-0.1, -0.05) is 0 Å². The quantitative estimate of drug-likeness (QED) is 0.552. The summed E-state index contributed by atoms with van der Waals surface area (Å²) in [6.07, 6.45) is 3.77. The summed E-state index contributed by atoms with van der Waals surface area (Å²) in [7, 11) is 0. The predicted molar refractivity (Wildman–Crippen MR) is 105 cm³/mol. The van der Waals surface area contributed by atoms with E-state index < -0.39 is 11.9 Å². The number of aromatic nitrogens is 4. The molecule has 8 nitrogen and oxygen atoms in total. The maximum atomic E-state index is 15.6. The molecule has 0 spiro atoms. The van der Waals surface area contributed by atoms with Gasteiger partial charge in [-0.2, -0.15) is 4.98 Å². The van der Waals surface area contributed by atoms with E-state index in [1.807, 2.05) is 0 Å². The van der Waals surface area contributed by atoms with E-state index in [9.17, 15) is 9.90 Å². The molecule has 154 valence electrons. The van der Waals surface area contributed by atoms with E-state index >= 15 is 4.39 Å². The zero-order chi connectivity index (χ0) is 21.0. The molecule has 1 aliphatic carbocycles. The van der Waals surface area contributed by atoms with Gasteiger partial charge in [-0.05, 0) is 42.5 Å². The first-order valence-corrected chi connectivity index (χ1v) is 9.89. The Bertz CT molecular complexity index is 1190. The highest BCUT2D eigenvalue weighted by Crippen LogP contribution is 2.41. The number of aliphatic hydroxyl groups excluding tert-OH is 1. The van der Waals surface area contributed by atoms with E-state index in [-0.39, 0.29) is 28.5 Å². The fourth-order valence-corrected chi connectivity index (χ4v) is 4.15. The molecule has 0 unspecified atom stereocenters. The molecule has 1 amide bonds. The standard InChI is InChI=1S/C20H17ClFN5O3/c1-8(28)11-7-25-20(21)27-18(11)30-19-15(22)13-9(6-24-19)2-3-10-14-12(26-16(10)13)4-5-23-17(14)29/h6-8,26,28H,2-5H2,1H3,(H,23,29)/t8-/m0/s1. The number of aromatic amines is 1. The Morgan fingerprint density at radius 2 is 2.03 bits per heavy atom. The second kappa shape index (κ2) is 7.03. The Kier molecular flexibility index (Phi) is 4.44. The maximum Gasteiger partial charge on any atom is 0.258 e. The van der Waals surface area contributed by atoms with Gasteiger partial charge >= 0.3 is 0 Å². The average Bonchev–Trinajstić information content (AvgIpc) is 3.09. The summed E-state index contributed by atoms with van der Waals surface area (Å²) in [5.74, 6) is -1.17. The van der Waals surface area contributed by atoms with Gasteiger partial charge in [0, 0.05) is 36.6 Å². The number of nitrogens with one attached hydrogen (secondary N) is 2. The minimum atomic E-state index is -0.946. The smallest absolute Gasteiger partial charge is 0.258 e. The fourth-order valence-electron chi connectivity index (χ4n) is 4.02. The monoisotopic (exact) mass is 429 g/mol. The molecule has 0 aromatic carbocycles. The fraction of sp³-hybridized carbons (Fsp3) is 0.300. The zero-order valence-electron chi connectivity index (χ0n) is 15.9. The molecular weight excluding hydrogens is 413 g/mol. The van der Waals surface area contributed by atoms with Crippen molar-refractivity contribution in [3.8, 4) is 23.0 Å². The number of hydrogen-bond acceptors (Lipinski definition) is 6. The molecule has 5 rings (SSSR count). The van der Waals surface area contributed by atoms with Gasteiger partial charge in [0.05, 0.1) is 22.9 Å². The number of carbonyl (C=O) groups excluding carboxylic acids is 1. The van der Waals surface area contributed by atoms with Crippen LogP contribution in [-0.2, 0) is 19.3 Å². The number of nitrogens with zero attached hydrogens (tertiary/aromatic N) is 3. The first kappa shape index (κ1) is 19.0. The first-order valence-electron chi connectivity index (χ1n) is 9.52. The van der Waals surface area contributed by atoms with Crippen molar-refractivity contribution in [2.24, 2.45) is 0 Å². The lowest BCUT2D eigenvalue weighted by atomic mass is 9.88. The number of H-pyrrole nitrogens is 1. The van der Waals surface area contributed by atoms with Gasteiger partial charge in [-0.3, -0.25) is 4.79 Å². The number of ether oxygens (including phenoxy) is 1. The molecule has 0 bridgehead atoms. The van der Waals surface area contributed by atoms with Crippen LogP contribution >= 0.6 is 11.6 Å². The second-order valence-electron chi connectivity index (χ2n) is 7.29. The number of halogens is 2. The summed E-state index contributed by atoms with van der Waals surface area (Å²) in [6, 6.07) is 0. The van der Waals surface area contributed by atoms with Crippen LogP contribution in [0.3, 0.4) is 0 Å². The summed E-state index contributed by atoms with van der Waals surface area (Å²) in [5, 5.41) is 12.7. The van der Waals surface area contributed by atoms with Crippen molar-refractivity contribution < 1.29 is 19.0 Å². The molecule has 3 aromatic rings. The molecule has 1 atom stereocenters. The molecule has 10 heteroatoms. The van der Waals surface area contributed by atoms with Crippen molar-refractivity contribution in [1.82, 2.24) is 25.3 Å². The van der Waals surface area contributed by atoms with Crippen LogP contribution in [0.2, 0.25) is 5.28 Å². The maximum absolute atomic E-state index is 15.6. The highest BCUT2D eigenvalue weighted by Gasteiger charge is 2.32. The van der Waals surface area contributed by atoms with Gasteiger partial charge < -0.3 is 20.1 Å². The zero-order valence-corrected chi connectivity index (χ0v) is 16.7. The van der Waals surface area contributed by atoms with Crippen LogP contribution in [0.4, 0.5) is 4.39 Å². The van der Waals surface area contributed by atoms with Crippen LogP contribution in [0.1, 0.15) is 45.8 Å². The van der Waals surface area contributed by atoms with E-state index in [4.69, 9.17) is 16.3 Å². The minimum absolute atomic E-state index is 0.0717. The van der Waals surface area contributed by atoms with Crippen molar-refractivity contribution in [2.75, 3.05) is 6.54 Å². The summed E-state index contributed by atoms with van der Waals surface area (Å²) in [5.41, 5.74) is 4.13. The summed E-state index contributed by atoms with van der Waals surface area (Å²) < 4.78 is 21.2. The van der Waals surface area contributed by atoms with Crippen LogP contribution < -0.4 is 10.1 Å². The number of fused-ring (bicyclic) bond motifs is 5. The van der Waals surface area contributed by atoms with Gasteiger partial charge in [0.25, 0.3) is 11.8 Å². The SMILES string of the molecule is C[C@H](O)c1cnc(Cl)nc1Oc1ncc2c(c1F)-c1[nH]c3c(c1CC2)C(=O)NCC3. The lowest BCUT2D eigenvalue weighted by molar-refractivity contribution is 0.0945. The molecule has 0 saturated carbocycles. The molecular formula is C20H17ClFN5O3. The molecule has 0 fully saturated rings. The Hall–Kier alpha value is -3.04. The lowest BCUT2D eigenvalue weighted by Gasteiger charge is -2.19. The van der Waals surface area contributed by atoms with Crippen molar-refractivity contribution >= 4 is 17.5 Å². The third-order valence-electron chi connectivity index (χ3n) is 5.42.